The summed E-state index contributed by atoms with van der Waals surface area (Å²) in [6.45, 7) is 11.3. The summed E-state index contributed by atoms with van der Waals surface area (Å²) < 4.78 is 37.7. The van der Waals surface area contributed by atoms with Crippen LogP contribution in [0.5, 0.6) is 0 Å². The van der Waals surface area contributed by atoms with E-state index in [0.717, 1.165) is 6.07 Å². The van der Waals surface area contributed by atoms with Crippen LogP contribution in [-0.2, 0) is 12.6 Å². The molecule has 1 radical (unpaired) electrons. The van der Waals surface area contributed by atoms with Crippen molar-refractivity contribution in [3.63, 3.8) is 0 Å². The molecule has 0 spiro atoms. The normalized spacial score (nSPS) is 12.1. The van der Waals surface area contributed by atoms with Gasteiger partial charge in [0.1, 0.15) is 0 Å². The van der Waals surface area contributed by atoms with Crippen LogP contribution in [0.2, 0.25) is 18.1 Å². The molecule has 0 aliphatic rings. The molecule has 121 valence electrons. The van der Waals surface area contributed by atoms with E-state index in [1.807, 2.05) is 0 Å². The number of aliphatic hydroxyl groups is 1. The van der Waals surface area contributed by atoms with Crippen molar-refractivity contribution in [2.45, 2.75) is 51.5 Å². The van der Waals surface area contributed by atoms with Crippen LogP contribution in [0.15, 0.2) is 22.7 Å². The van der Waals surface area contributed by atoms with Crippen LogP contribution >= 0.6 is 15.9 Å². The molecule has 0 amide bonds. The molecule has 0 heterocycles. The largest absolute Gasteiger partial charge is 0.416 e. The first-order valence-electron chi connectivity index (χ1n) is 6.66. The van der Waals surface area contributed by atoms with Gasteiger partial charge in [0.15, 0.2) is 0 Å². The van der Waals surface area contributed by atoms with Crippen LogP contribution in [0.3, 0.4) is 0 Å². The van der Waals surface area contributed by atoms with Gasteiger partial charge >= 0.3 is 6.18 Å². The Bertz CT molecular complexity index is 440. The molecule has 0 aliphatic heterocycles. The highest BCUT2D eigenvalue weighted by molar-refractivity contribution is 9.10. The van der Waals surface area contributed by atoms with Gasteiger partial charge in [-0.3, -0.25) is 0 Å². The van der Waals surface area contributed by atoms with E-state index in [-0.39, 0.29) is 27.4 Å². The molecule has 1 N–H and O–H groups in total. The van der Waals surface area contributed by atoms with Gasteiger partial charge < -0.3 is 5.11 Å². The molecule has 0 unspecified atom stereocenters. The molecule has 0 aliphatic carbocycles. The smallest absolute Gasteiger partial charge is 0.396 e. The Labute approximate surface area is 135 Å². The van der Waals surface area contributed by atoms with Crippen molar-refractivity contribution in [1.82, 2.24) is 0 Å². The Morgan fingerprint density at radius 3 is 1.95 bits per heavy atom. The maximum Gasteiger partial charge on any atom is 0.416 e. The number of halogens is 4. The van der Waals surface area contributed by atoms with E-state index in [4.69, 9.17) is 5.11 Å². The zero-order valence-corrected chi connectivity index (χ0v) is 15.7. The minimum Gasteiger partial charge on any atom is -0.396 e. The average Bonchev–Trinajstić information content (AvgIpc) is 2.30. The standard InChI is InChI=1S/C9H8BrF3O.C6H15Si/c10-7-2-1-6(3-4-14)8(5-7)9(11,12)13;1-6(2,3)7(4)5/h1-2,5,14H,3-4H2;1-5H3. The van der Waals surface area contributed by atoms with Gasteiger partial charge in [-0.15, -0.1) is 0 Å². The summed E-state index contributed by atoms with van der Waals surface area (Å²) in [5.74, 6) is 0. The SMILES string of the molecule is C[Si](C)C(C)(C)C.OCCc1ccc(Br)cc1C(F)(F)F. The second-order valence-corrected chi connectivity index (χ2v) is 10.4. The molecule has 1 aromatic carbocycles. The van der Waals surface area contributed by atoms with Crippen molar-refractivity contribution in [2.75, 3.05) is 6.61 Å². The lowest BCUT2D eigenvalue weighted by Gasteiger charge is -2.20. The number of benzene rings is 1. The highest BCUT2D eigenvalue weighted by Gasteiger charge is 2.33. The summed E-state index contributed by atoms with van der Waals surface area (Å²) in [5, 5.41) is 9.20. The lowest BCUT2D eigenvalue weighted by atomic mass is 10.0. The molecule has 0 aromatic heterocycles. The molecule has 1 rings (SSSR count). The van der Waals surface area contributed by atoms with E-state index in [2.05, 4.69) is 49.8 Å². The van der Waals surface area contributed by atoms with E-state index in [1.165, 1.54) is 12.1 Å². The first kappa shape index (κ1) is 20.7. The molecule has 0 fully saturated rings. The Morgan fingerprint density at radius 1 is 1.14 bits per heavy atom. The van der Waals surface area contributed by atoms with E-state index >= 15 is 0 Å². The van der Waals surface area contributed by atoms with Gasteiger partial charge in [-0.1, -0.05) is 55.9 Å². The van der Waals surface area contributed by atoms with Crippen LogP contribution in [0.4, 0.5) is 13.2 Å². The van der Waals surface area contributed by atoms with E-state index in [0.29, 0.717) is 9.51 Å². The van der Waals surface area contributed by atoms with E-state index < -0.39 is 11.7 Å². The maximum atomic E-state index is 12.4. The Kier molecular flexibility index (Phi) is 8.21. The lowest BCUT2D eigenvalue weighted by molar-refractivity contribution is -0.138. The predicted octanol–water partition coefficient (Wildman–Crippen LogP) is 5.54. The summed E-state index contributed by atoms with van der Waals surface area (Å²) in [6.07, 6.45) is -4.35. The quantitative estimate of drug-likeness (QED) is 0.664. The van der Waals surface area contributed by atoms with Crippen molar-refractivity contribution in [2.24, 2.45) is 0 Å². The number of alkyl halides is 3. The van der Waals surface area contributed by atoms with Crippen molar-refractivity contribution in [1.29, 1.82) is 0 Å². The molecular formula is C15H23BrF3OSi. The average molecular weight is 384 g/mol. The van der Waals surface area contributed by atoms with E-state index in [9.17, 15) is 13.2 Å². The van der Waals surface area contributed by atoms with Gasteiger partial charge in [0, 0.05) is 19.9 Å². The summed E-state index contributed by atoms with van der Waals surface area (Å²) in [4.78, 5) is 0. The molecule has 1 aromatic rings. The minimum absolute atomic E-state index is 0.0160. The minimum atomic E-state index is -4.37. The Hall–Kier alpha value is -0.333. The molecule has 0 atom stereocenters. The predicted molar refractivity (Wildman–Crippen MR) is 87.1 cm³/mol. The van der Waals surface area contributed by atoms with E-state index in [1.54, 1.807) is 0 Å². The lowest BCUT2D eigenvalue weighted by Crippen LogP contribution is -2.16. The number of hydrogen-bond acceptors (Lipinski definition) is 1. The van der Waals surface area contributed by atoms with Crippen molar-refractivity contribution in [3.05, 3.63) is 33.8 Å². The van der Waals surface area contributed by atoms with Gasteiger partial charge in [-0.25, -0.2) is 0 Å². The summed E-state index contributed by atoms with van der Waals surface area (Å²) in [7, 11) is -0.0502. The zero-order chi connectivity index (χ0) is 16.8. The summed E-state index contributed by atoms with van der Waals surface area (Å²) in [6, 6.07) is 3.91. The van der Waals surface area contributed by atoms with Crippen LogP contribution < -0.4 is 0 Å². The third-order valence-electron chi connectivity index (χ3n) is 3.26. The fourth-order valence-corrected chi connectivity index (χ4v) is 1.51. The second kappa shape index (κ2) is 8.34. The molecule has 0 bridgehead atoms. The Balaban J connectivity index is 0.000000486. The Morgan fingerprint density at radius 2 is 1.62 bits per heavy atom. The molecule has 0 saturated carbocycles. The van der Waals surface area contributed by atoms with Crippen LogP contribution in [0.1, 0.15) is 31.9 Å². The summed E-state index contributed by atoms with van der Waals surface area (Å²) >= 11 is 2.98. The van der Waals surface area contributed by atoms with Gasteiger partial charge in [0.05, 0.1) is 5.56 Å². The van der Waals surface area contributed by atoms with Crippen LogP contribution in [0.25, 0.3) is 0 Å². The molecule has 6 heteroatoms. The van der Waals surface area contributed by atoms with Gasteiger partial charge in [-0.05, 0) is 29.2 Å². The highest BCUT2D eigenvalue weighted by Crippen LogP contribution is 2.34. The van der Waals surface area contributed by atoms with Gasteiger partial charge in [0.25, 0.3) is 0 Å². The maximum absolute atomic E-state index is 12.4. The highest BCUT2D eigenvalue weighted by atomic mass is 79.9. The second-order valence-electron chi connectivity index (χ2n) is 6.02. The molecule has 0 saturated heterocycles. The first-order valence-corrected chi connectivity index (χ1v) is 9.96. The van der Waals surface area contributed by atoms with Crippen molar-refractivity contribution < 1.29 is 18.3 Å². The number of rotatable bonds is 2. The van der Waals surface area contributed by atoms with Gasteiger partial charge in [0.2, 0.25) is 0 Å². The van der Waals surface area contributed by atoms with Crippen LogP contribution in [0, 0.1) is 0 Å². The topological polar surface area (TPSA) is 20.2 Å². The molecular weight excluding hydrogens is 361 g/mol. The van der Waals surface area contributed by atoms with Crippen molar-refractivity contribution >= 4 is 24.7 Å². The molecule has 1 nitrogen and oxygen atoms in total. The van der Waals surface area contributed by atoms with Crippen LogP contribution in [-0.4, -0.2) is 20.5 Å². The fraction of sp³-hybridized carbons (Fsp3) is 0.600. The third kappa shape index (κ3) is 8.02. The third-order valence-corrected chi connectivity index (χ3v) is 6.75. The number of hydrogen-bond donors (Lipinski definition) is 1. The first-order chi connectivity index (χ1) is 9.39. The molecule has 21 heavy (non-hydrogen) atoms. The fourth-order valence-electron chi connectivity index (χ4n) is 1.15. The summed E-state index contributed by atoms with van der Waals surface area (Å²) in [5.41, 5.74) is -0.580. The van der Waals surface area contributed by atoms with Crippen molar-refractivity contribution in [3.8, 4) is 0 Å². The number of aliphatic hydroxyl groups excluding tert-OH is 1. The van der Waals surface area contributed by atoms with Gasteiger partial charge in [-0.2, -0.15) is 13.2 Å². The zero-order valence-electron chi connectivity index (χ0n) is 13.1. The monoisotopic (exact) mass is 383 g/mol.